The van der Waals surface area contributed by atoms with Gasteiger partial charge in [0, 0.05) is 37.3 Å². The summed E-state index contributed by atoms with van der Waals surface area (Å²) in [6, 6.07) is 4.07. The van der Waals surface area contributed by atoms with Crippen LogP contribution < -0.4 is 10.9 Å². The first-order chi connectivity index (χ1) is 11.9. The predicted octanol–water partition coefficient (Wildman–Crippen LogP) is 1.48. The average molecular weight is 347 g/mol. The van der Waals surface area contributed by atoms with Crippen LogP contribution in [0.1, 0.15) is 38.3 Å². The van der Waals surface area contributed by atoms with Crippen molar-refractivity contribution in [3.05, 3.63) is 34.2 Å². The van der Waals surface area contributed by atoms with Crippen LogP contribution in [-0.4, -0.2) is 45.7 Å². The summed E-state index contributed by atoms with van der Waals surface area (Å²) in [6.45, 7) is 5.41. The van der Waals surface area contributed by atoms with Crippen molar-refractivity contribution >= 4 is 12.0 Å². The maximum atomic E-state index is 12.6. The fourth-order valence-corrected chi connectivity index (χ4v) is 3.97. The average Bonchev–Trinajstić information content (AvgIpc) is 2.59. The third-order valence-electron chi connectivity index (χ3n) is 5.52. The molecule has 2 aliphatic rings. The van der Waals surface area contributed by atoms with Gasteiger partial charge in [0.05, 0.1) is 0 Å². The molecule has 1 aromatic rings. The third-order valence-corrected chi connectivity index (χ3v) is 5.52. The Morgan fingerprint density at radius 1 is 1.32 bits per heavy atom. The summed E-state index contributed by atoms with van der Waals surface area (Å²) in [6.07, 6.45) is 1.64. The molecule has 0 radical (unpaired) electrons. The summed E-state index contributed by atoms with van der Waals surface area (Å²) in [4.78, 5) is 37.8. The van der Waals surface area contributed by atoms with E-state index < -0.39 is 12.0 Å². The molecular formula is C18H25N3O4. The van der Waals surface area contributed by atoms with Gasteiger partial charge in [0.25, 0.3) is 5.56 Å². The van der Waals surface area contributed by atoms with Crippen LogP contribution >= 0.6 is 0 Å². The van der Waals surface area contributed by atoms with E-state index in [1.807, 2.05) is 24.5 Å². The molecule has 1 fully saturated rings. The molecule has 2 bridgehead atoms. The fourth-order valence-electron chi connectivity index (χ4n) is 3.97. The number of likely N-dealkylation sites (tertiary alicyclic amines) is 1. The van der Waals surface area contributed by atoms with E-state index in [-0.39, 0.29) is 29.3 Å². The van der Waals surface area contributed by atoms with Crippen molar-refractivity contribution in [1.29, 1.82) is 0 Å². The van der Waals surface area contributed by atoms with Crippen molar-refractivity contribution in [2.45, 2.75) is 45.2 Å². The number of fused-ring (bicyclic) bond motifs is 4. The highest BCUT2D eigenvalue weighted by atomic mass is 16.4. The summed E-state index contributed by atoms with van der Waals surface area (Å²) in [5.41, 5.74) is 0.978. The lowest BCUT2D eigenvalue weighted by atomic mass is 9.83. The van der Waals surface area contributed by atoms with Crippen molar-refractivity contribution in [3.63, 3.8) is 0 Å². The third kappa shape index (κ3) is 3.41. The molecule has 1 saturated heterocycles. The molecule has 0 spiro atoms. The lowest BCUT2D eigenvalue weighted by molar-refractivity contribution is -0.140. The van der Waals surface area contributed by atoms with Gasteiger partial charge in [-0.05, 0) is 24.3 Å². The van der Waals surface area contributed by atoms with E-state index in [2.05, 4.69) is 5.32 Å². The molecule has 136 valence electrons. The molecule has 0 saturated carbocycles. The van der Waals surface area contributed by atoms with Crippen LogP contribution in [0.4, 0.5) is 4.79 Å². The first-order valence-electron chi connectivity index (χ1n) is 8.88. The molecule has 2 aliphatic heterocycles. The van der Waals surface area contributed by atoms with E-state index in [0.29, 0.717) is 26.1 Å². The van der Waals surface area contributed by atoms with Crippen LogP contribution in [0, 0.1) is 11.8 Å². The second-order valence-electron chi connectivity index (χ2n) is 7.25. The molecule has 3 rings (SSSR count). The molecule has 4 atom stereocenters. The van der Waals surface area contributed by atoms with E-state index in [9.17, 15) is 19.5 Å². The summed E-state index contributed by atoms with van der Waals surface area (Å²) in [5, 5.41) is 12.1. The molecule has 3 heterocycles. The molecule has 2 amide bonds. The number of nitrogens with zero attached hydrogens (tertiary/aromatic N) is 2. The summed E-state index contributed by atoms with van der Waals surface area (Å²) >= 11 is 0. The summed E-state index contributed by atoms with van der Waals surface area (Å²) < 4.78 is 1.81. The predicted molar refractivity (Wildman–Crippen MR) is 92.5 cm³/mol. The second-order valence-corrected chi connectivity index (χ2v) is 7.25. The van der Waals surface area contributed by atoms with Crippen molar-refractivity contribution in [2.24, 2.45) is 11.8 Å². The van der Waals surface area contributed by atoms with Gasteiger partial charge in [0.15, 0.2) is 0 Å². The van der Waals surface area contributed by atoms with Crippen molar-refractivity contribution < 1.29 is 14.7 Å². The minimum Gasteiger partial charge on any atom is -0.480 e. The number of hydrogen-bond donors (Lipinski definition) is 2. The number of piperidine rings is 1. The van der Waals surface area contributed by atoms with Gasteiger partial charge in [-0.2, -0.15) is 0 Å². The fraction of sp³-hybridized carbons (Fsp3) is 0.611. The van der Waals surface area contributed by atoms with Gasteiger partial charge in [-0.25, -0.2) is 9.59 Å². The van der Waals surface area contributed by atoms with Crippen LogP contribution in [0.2, 0.25) is 0 Å². The molecule has 0 aliphatic carbocycles. The minimum absolute atomic E-state index is 0.00723. The van der Waals surface area contributed by atoms with Crippen LogP contribution in [0.25, 0.3) is 0 Å². The number of hydrogen-bond acceptors (Lipinski definition) is 3. The maximum absolute atomic E-state index is 12.6. The van der Waals surface area contributed by atoms with E-state index >= 15 is 0 Å². The molecule has 7 nitrogen and oxygen atoms in total. The SMILES string of the molecule is CC[C@H](C)[C@H](NC(=O)N1CC2C[C@@H](C1)Cn1c2cccc1=O)C(=O)O. The van der Waals surface area contributed by atoms with Gasteiger partial charge in [0.1, 0.15) is 6.04 Å². The number of rotatable bonds is 4. The number of carboxylic acids is 1. The number of carbonyl (C=O) groups is 2. The van der Waals surface area contributed by atoms with E-state index in [1.54, 1.807) is 17.0 Å². The standard InChI is InChI=1S/C18H25N3O4/c1-3-11(2)16(17(23)24)19-18(25)20-8-12-7-13(10-20)14-5-4-6-15(22)21(14)9-12/h4-6,11-13,16H,3,7-10H2,1-2H3,(H,19,25)(H,23,24)/t11-,12-,13?,16-/m0/s1. The molecule has 25 heavy (non-hydrogen) atoms. The van der Waals surface area contributed by atoms with Crippen LogP contribution in [0.15, 0.2) is 23.0 Å². The smallest absolute Gasteiger partial charge is 0.326 e. The van der Waals surface area contributed by atoms with Gasteiger partial charge in [-0.1, -0.05) is 26.3 Å². The minimum atomic E-state index is -1.00. The Morgan fingerprint density at radius 2 is 2.08 bits per heavy atom. The number of pyridine rings is 1. The molecular weight excluding hydrogens is 322 g/mol. The normalized spacial score (nSPS) is 24.2. The topological polar surface area (TPSA) is 91.6 Å². The summed E-state index contributed by atoms with van der Waals surface area (Å²) in [5.74, 6) is -0.787. The van der Waals surface area contributed by atoms with Crippen LogP contribution in [0.3, 0.4) is 0 Å². The first kappa shape index (κ1) is 17.5. The van der Waals surface area contributed by atoms with E-state index in [4.69, 9.17) is 0 Å². The number of aromatic nitrogens is 1. The van der Waals surface area contributed by atoms with Crippen molar-refractivity contribution in [3.8, 4) is 0 Å². The largest absolute Gasteiger partial charge is 0.480 e. The highest BCUT2D eigenvalue weighted by Gasteiger charge is 2.37. The number of amides is 2. The highest BCUT2D eigenvalue weighted by Crippen LogP contribution is 2.34. The Labute approximate surface area is 146 Å². The monoisotopic (exact) mass is 347 g/mol. The second kappa shape index (κ2) is 6.90. The van der Waals surface area contributed by atoms with E-state index in [1.165, 1.54) is 0 Å². The zero-order chi connectivity index (χ0) is 18.1. The lowest BCUT2D eigenvalue weighted by Crippen LogP contribution is -2.55. The summed E-state index contributed by atoms with van der Waals surface area (Å²) in [7, 11) is 0. The molecule has 1 unspecified atom stereocenters. The molecule has 7 heteroatoms. The van der Waals surface area contributed by atoms with Gasteiger partial charge in [-0.3, -0.25) is 4.79 Å². The van der Waals surface area contributed by atoms with Crippen molar-refractivity contribution in [2.75, 3.05) is 13.1 Å². The zero-order valence-corrected chi connectivity index (χ0v) is 14.6. The number of carbonyl (C=O) groups excluding carboxylic acids is 1. The molecule has 0 aromatic carbocycles. The van der Waals surface area contributed by atoms with Gasteiger partial charge in [-0.15, -0.1) is 0 Å². The van der Waals surface area contributed by atoms with Gasteiger partial charge in [0.2, 0.25) is 0 Å². The maximum Gasteiger partial charge on any atom is 0.326 e. The Balaban J connectivity index is 1.75. The highest BCUT2D eigenvalue weighted by molar-refractivity contribution is 5.83. The Morgan fingerprint density at radius 3 is 2.76 bits per heavy atom. The molecule has 2 N–H and O–H groups in total. The van der Waals surface area contributed by atoms with Crippen molar-refractivity contribution in [1.82, 2.24) is 14.8 Å². The number of aliphatic carboxylic acids is 1. The van der Waals surface area contributed by atoms with E-state index in [0.717, 1.165) is 12.1 Å². The lowest BCUT2D eigenvalue weighted by Gasteiger charge is -2.43. The Kier molecular flexibility index (Phi) is 4.83. The van der Waals surface area contributed by atoms with Crippen LogP contribution in [-0.2, 0) is 11.3 Å². The van der Waals surface area contributed by atoms with Crippen LogP contribution in [0.5, 0.6) is 0 Å². The number of nitrogens with one attached hydrogen (secondary N) is 1. The Hall–Kier alpha value is -2.31. The quantitative estimate of drug-likeness (QED) is 0.863. The number of urea groups is 1. The van der Waals surface area contributed by atoms with Gasteiger partial charge >= 0.3 is 12.0 Å². The zero-order valence-electron chi connectivity index (χ0n) is 14.6. The first-order valence-corrected chi connectivity index (χ1v) is 8.88. The molecule has 1 aromatic heterocycles. The Bertz CT molecular complexity index is 729. The van der Waals surface area contributed by atoms with Gasteiger partial charge < -0.3 is 19.9 Å². The number of carboxylic acid groups (broad SMARTS) is 1.